The van der Waals surface area contributed by atoms with E-state index in [0.29, 0.717) is 4.90 Å². The zero-order valence-electron chi connectivity index (χ0n) is 18.9. The maximum absolute atomic E-state index is 12.9. The normalized spacial score (nSPS) is 11.8. The van der Waals surface area contributed by atoms with Gasteiger partial charge in [-0.1, -0.05) is 29.8 Å². The van der Waals surface area contributed by atoms with Gasteiger partial charge < -0.3 is 9.88 Å². The van der Waals surface area contributed by atoms with E-state index >= 15 is 0 Å². The van der Waals surface area contributed by atoms with Crippen molar-refractivity contribution in [1.29, 1.82) is 0 Å². The number of hydrogen-bond donors (Lipinski definition) is 1. The highest BCUT2D eigenvalue weighted by Gasteiger charge is 2.24. The second-order valence-corrected chi connectivity index (χ2v) is 10.5. The van der Waals surface area contributed by atoms with Gasteiger partial charge in [0.15, 0.2) is 9.84 Å². The molecular weight excluding hydrogens is 404 g/mol. The average Bonchev–Trinajstić information content (AvgIpc) is 3.01. The number of aromatic amines is 1. The Hall–Kier alpha value is -3.05. The van der Waals surface area contributed by atoms with Crippen LogP contribution in [-0.2, 0) is 9.84 Å². The van der Waals surface area contributed by atoms with Crippen LogP contribution in [0, 0.1) is 20.8 Å². The van der Waals surface area contributed by atoms with Gasteiger partial charge in [0.1, 0.15) is 0 Å². The van der Waals surface area contributed by atoms with Crippen molar-refractivity contribution < 1.29 is 8.42 Å². The number of benzene rings is 3. The van der Waals surface area contributed by atoms with Crippen molar-refractivity contribution in [2.75, 3.05) is 25.3 Å². The van der Waals surface area contributed by atoms with Gasteiger partial charge in [-0.2, -0.15) is 0 Å². The predicted octanol–water partition coefficient (Wildman–Crippen LogP) is 5.90. The van der Waals surface area contributed by atoms with Crippen molar-refractivity contribution in [1.82, 2.24) is 4.98 Å². The summed E-state index contributed by atoms with van der Waals surface area (Å²) >= 11 is 0. The van der Waals surface area contributed by atoms with Crippen LogP contribution >= 0.6 is 0 Å². The number of rotatable bonds is 4. The molecule has 1 heterocycles. The maximum Gasteiger partial charge on any atom is 0.176 e. The molecule has 4 rings (SSSR count). The molecule has 31 heavy (non-hydrogen) atoms. The highest BCUT2D eigenvalue weighted by atomic mass is 32.2. The minimum Gasteiger partial charge on any atom is -0.378 e. The molecule has 0 spiro atoms. The molecule has 0 unspecified atom stereocenters. The number of hydrogen-bond acceptors (Lipinski definition) is 3. The Balaban J connectivity index is 2.14. The lowest BCUT2D eigenvalue weighted by Gasteiger charge is -2.19. The third-order valence-corrected chi connectivity index (χ3v) is 6.98. The lowest BCUT2D eigenvalue weighted by molar-refractivity contribution is 0.602. The summed E-state index contributed by atoms with van der Waals surface area (Å²) in [6.45, 7) is 6.11. The molecule has 0 fully saturated rings. The summed E-state index contributed by atoms with van der Waals surface area (Å²) in [5.74, 6) is 0. The first-order valence-electron chi connectivity index (χ1n) is 10.3. The third-order valence-electron chi connectivity index (χ3n) is 5.84. The van der Waals surface area contributed by atoms with Gasteiger partial charge in [0.25, 0.3) is 0 Å². The molecule has 0 aliphatic heterocycles. The van der Waals surface area contributed by atoms with E-state index in [1.54, 1.807) is 6.07 Å². The summed E-state index contributed by atoms with van der Waals surface area (Å²) in [6.07, 6.45) is 1.29. The SMILES string of the molecule is Cc1ccc2[nH]c(C)c(-c3c(S(C)(=O)=O)ccc(C)c3-c3ccc(N(C)C)cc3)c2c1. The number of aromatic nitrogens is 1. The number of nitrogens with zero attached hydrogens (tertiary/aromatic N) is 1. The fraction of sp³-hybridized carbons (Fsp3) is 0.231. The van der Waals surface area contributed by atoms with Crippen LogP contribution in [-0.4, -0.2) is 33.8 Å². The van der Waals surface area contributed by atoms with Crippen LogP contribution in [0.25, 0.3) is 33.2 Å². The zero-order chi connectivity index (χ0) is 22.5. The van der Waals surface area contributed by atoms with Crippen molar-refractivity contribution in [3.8, 4) is 22.3 Å². The lowest BCUT2D eigenvalue weighted by atomic mass is 9.89. The molecule has 0 radical (unpaired) electrons. The molecule has 4 nitrogen and oxygen atoms in total. The van der Waals surface area contributed by atoms with E-state index in [1.807, 2.05) is 34.0 Å². The van der Waals surface area contributed by atoms with E-state index in [0.717, 1.165) is 55.7 Å². The molecular formula is C26H28N2O2S. The van der Waals surface area contributed by atoms with Gasteiger partial charge in [0.2, 0.25) is 0 Å². The fourth-order valence-corrected chi connectivity index (χ4v) is 5.20. The van der Waals surface area contributed by atoms with Crippen LogP contribution in [0.5, 0.6) is 0 Å². The summed E-state index contributed by atoms with van der Waals surface area (Å²) in [5.41, 5.74) is 8.93. The zero-order valence-corrected chi connectivity index (χ0v) is 19.7. The smallest absolute Gasteiger partial charge is 0.176 e. The van der Waals surface area contributed by atoms with E-state index in [1.165, 1.54) is 6.26 Å². The molecule has 0 bridgehead atoms. The third kappa shape index (κ3) is 3.74. The van der Waals surface area contributed by atoms with Gasteiger partial charge in [-0.15, -0.1) is 0 Å². The first kappa shape index (κ1) is 21.2. The average molecular weight is 433 g/mol. The number of nitrogens with one attached hydrogen (secondary N) is 1. The maximum atomic E-state index is 12.9. The molecule has 0 aliphatic rings. The van der Waals surface area contributed by atoms with Crippen LogP contribution in [0.15, 0.2) is 59.5 Å². The van der Waals surface area contributed by atoms with Crippen LogP contribution in [0.2, 0.25) is 0 Å². The van der Waals surface area contributed by atoms with E-state index in [2.05, 4.69) is 59.3 Å². The van der Waals surface area contributed by atoms with Gasteiger partial charge in [-0.25, -0.2) is 8.42 Å². The Morgan fingerprint density at radius 3 is 2.10 bits per heavy atom. The molecule has 160 valence electrons. The Morgan fingerprint density at radius 2 is 1.48 bits per heavy atom. The van der Waals surface area contributed by atoms with Gasteiger partial charge in [0, 0.05) is 53.8 Å². The molecule has 0 aliphatic carbocycles. The van der Waals surface area contributed by atoms with Crippen LogP contribution in [0.3, 0.4) is 0 Å². The summed E-state index contributed by atoms with van der Waals surface area (Å²) in [4.78, 5) is 5.86. The fourth-order valence-electron chi connectivity index (χ4n) is 4.31. The highest BCUT2D eigenvalue weighted by Crippen LogP contribution is 2.44. The Morgan fingerprint density at radius 1 is 0.806 bits per heavy atom. The van der Waals surface area contributed by atoms with E-state index in [4.69, 9.17) is 0 Å². The predicted molar refractivity (Wildman–Crippen MR) is 131 cm³/mol. The largest absolute Gasteiger partial charge is 0.378 e. The Bertz CT molecular complexity index is 1400. The summed E-state index contributed by atoms with van der Waals surface area (Å²) in [7, 11) is 0.569. The topological polar surface area (TPSA) is 53.2 Å². The van der Waals surface area contributed by atoms with E-state index in [-0.39, 0.29) is 0 Å². The van der Waals surface area contributed by atoms with Crippen LogP contribution in [0.1, 0.15) is 16.8 Å². The molecule has 3 aromatic carbocycles. The second kappa shape index (κ2) is 7.57. The minimum atomic E-state index is -3.45. The van der Waals surface area contributed by atoms with Crippen LogP contribution in [0.4, 0.5) is 5.69 Å². The van der Waals surface area contributed by atoms with Gasteiger partial charge in [-0.05, 0) is 67.8 Å². The van der Waals surface area contributed by atoms with Gasteiger partial charge >= 0.3 is 0 Å². The van der Waals surface area contributed by atoms with Crippen molar-refractivity contribution in [2.24, 2.45) is 0 Å². The van der Waals surface area contributed by atoms with E-state index < -0.39 is 9.84 Å². The Kier molecular flexibility index (Phi) is 5.18. The molecule has 0 amide bonds. The molecule has 4 aromatic rings. The second-order valence-electron chi connectivity index (χ2n) is 8.52. The number of H-pyrrole nitrogens is 1. The minimum absolute atomic E-state index is 0.357. The molecule has 0 saturated heterocycles. The molecule has 0 atom stereocenters. The Labute approximate surface area is 184 Å². The first-order valence-corrected chi connectivity index (χ1v) is 12.2. The number of fused-ring (bicyclic) bond motifs is 1. The molecule has 1 N–H and O–H groups in total. The van der Waals surface area contributed by atoms with Gasteiger partial charge in [-0.3, -0.25) is 0 Å². The number of anilines is 1. The van der Waals surface area contributed by atoms with Crippen molar-refractivity contribution in [3.63, 3.8) is 0 Å². The first-order chi connectivity index (χ1) is 14.6. The summed E-state index contributed by atoms with van der Waals surface area (Å²) < 4.78 is 25.8. The van der Waals surface area contributed by atoms with Crippen LogP contribution < -0.4 is 4.90 Å². The lowest BCUT2D eigenvalue weighted by Crippen LogP contribution is -2.08. The number of aryl methyl sites for hydroxylation is 3. The summed E-state index contributed by atoms with van der Waals surface area (Å²) in [6, 6.07) is 18.2. The molecule has 5 heteroatoms. The monoisotopic (exact) mass is 432 g/mol. The molecule has 0 saturated carbocycles. The van der Waals surface area contributed by atoms with Crippen molar-refractivity contribution in [3.05, 3.63) is 71.4 Å². The van der Waals surface area contributed by atoms with E-state index in [9.17, 15) is 8.42 Å². The van der Waals surface area contributed by atoms with Crippen molar-refractivity contribution in [2.45, 2.75) is 25.7 Å². The molecule has 1 aromatic heterocycles. The standard InChI is InChI=1S/C26H28N2O2S/c1-16-7-13-22-21(15-16)25(18(3)27-22)26-23(31(6,29)30)14-8-17(2)24(26)19-9-11-20(12-10-19)28(4)5/h7-15,27H,1-6H3. The summed E-state index contributed by atoms with van der Waals surface area (Å²) in [5, 5.41) is 1.04. The highest BCUT2D eigenvalue weighted by molar-refractivity contribution is 7.90. The van der Waals surface area contributed by atoms with Gasteiger partial charge in [0.05, 0.1) is 4.90 Å². The quantitative estimate of drug-likeness (QED) is 0.437. The number of sulfone groups is 1. The van der Waals surface area contributed by atoms with Crippen molar-refractivity contribution >= 4 is 26.4 Å².